The summed E-state index contributed by atoms with van der Waals surface area (Å²) in [5.41, 5.74) is 0. The maximum atomic E-state index is 12.3. The number of carbonyl (C=O) groups is 2. The smallest absolute Gasteiger partial charge is 0.239 e. The number of piperazine rings is 1. The molecule has 5 heteroatoms. The molecule has 1 aliphatic carbocycles. The van der Waals surface area contributed by atoms with Gasteiger partial charge < -0.3 is 9.80 Å². The molecule has 0 N–H and O–H groups in total. The number of rotatable bonds is 5. The first-order valence-electron chi connectivity index (χ1n) is 8.72. The quantitative estimate of drug-likeness (QED) is 0.774. The van der Waals surface area contributed by atoms with Gasteiger partial charge in [0.1, 0.15) is 0 Å². The third kappa shape index (κ3) is 4.45. The molecule has 2 fully saturated rings. The third-order valence-corrected chi connectivity index (χ3v) is 5.25. The third-order valence-electron chi connectivity index (χ3n) is 5.25. The summed E-state index contributed by atoms with van der Waals surface area (Å²) in [5.74, 6) is 1.22. The molecule has 1 unspecified atom stereocenters. The molecular weight excluding hydrogens is 278 g/mol. The Morgan fingerprint density at radius 3 is 2.23 bits per heavy atom. The van der Waals surface area contributed by atoms with Crippen LogP contribution in [-0.4, -0.2) is 72.8 Å². The molecule has 1 atom stereocenters. The molecule has 1 aliphatic heterocycles. The zero-order valence-electron chi connectivity index (χ0n) is 14.4. The summed E-state index contributed by atoms with van der Waals surface area (Å²) in [6, 6.07) is -0.0919. The highest BCUT2D eigenvalue weighted by Gasteiger charge is 2.28. The summed E-state index contributed by atoms with van der Waals surface area (Å²) in [6.45, 7) is 5.08. The van der Waals surface area contributed by atoms with Gasteiger partial charge in [-0.15, -0.1) is 0 Å². The van der Waals surface area contributed by atoms with Crippen LogP contribution in [0.4, 0.5) is 0 Å². The van der Waals surface area contributed by atoms with Crippen molar-refractivity contribution in [2.75, 3.05) is 40.3 Å². The van der Waals surface area contributed by atoms with Crippen LogP contribution in [0, 0.1) is 5.92 Å². The summed E-state index contributed by atoms with van der Waals surface area (Å²) in [7, 11) is 3.59. The Morgan fingerprint density at radius 2 is 1.68 bits per heavy atom. The SMILES string of the molecule is CC(C(=O)N(C)C)N1CCN(C(=O)CCC2CCCC2)CC1. The van der Waals surface area contributed by atoms with Gasteiger partial charge in [-0.2, -0.15) is 0 Å². The Hall–Kier alpha value is -1.10. The van der Waals surface area contributed by atoms with Crippen LogP contribution in [0.25, 0.3) is 0 Å². The van der Waals surface area contributed by atoms with Gasteiger partial charge in [0.2, 0.25) is 11.8 Å². The molecule has 2 aliphatic rings. The first kappa shape index (κ1) is 17.3. The zero-order chi connectivity index (χ0) is 16.1. The number of likely N-dealkylation sites (N-methyl/N-ethyl adjacent to an activating group) is 1. The second-order valence-electron chi connectivity index (χ2n) is 7.01. The predicted molar refractivity (Wildman–Crippen MR) is 87.5 cm³/mol. The molecule has 0 aromatic carbocycles. The van der Waals surface area contributed by atoms with Gasteiger partial charge in [-0.3, -0.25) is 14.5 Å². The second-order valence-corrected chi connectivity index (χ2v) is 7.01. The average molecular weight is 309 g/mol. The molecule has 22 heavy (non-hydrogen) atoms. The summed E-state index contributed by atoms with van der Waals surface area (Å²) in [5, 5.41) is 0. The number of amides is 2. The first-order chi connectivity index (χ1) is 10.5. The van der Waals surface area contributed by atoms with Gasteiger partial charge in [-0.05, 0) is 19.3 Å². The van der Waals surface area contributed by atoms with Gasteiger partial charge >= 0.3 is 0 Å². The van der Waals surface area contributed by atoms with Crippen molar-refractivity contribution in [1.82, 2.24) is 14.7 Å². The van der Waals surface area contributed by atoms with Gasteiger partial charge in [-0.1, -0.05) is 25.7 Å². The van der Waals surface area contributed by atoms with Crippen LogP contribution >= 0.6 is 0 Å². The number of hydrogen-bond donors (Lipinski definition) is 0. The Kier molecular flexibility index (Phi) is 6.24. The van der Waals surface area contributed by atoms with Crippen LogP contribution in [-0.2, 0) is 9.59 Å². The molecule has 0 radical (unpaired) electrons. The lowest BCUT2D eigenvalue weighted by molar-refractivity contribution is -0.137. The molecule has 0 bridgehead atoms. The highest BCUT2D eigenvalue weighted by Crippen LogP contribution is 2.28. The highest BCUT2D eigenvalue weighted by atomic mass is 16.2. The van der Waals surface area contributed by atoms with Crippen LogP contribution in [0.15, 0.2) is 0 Å². The minimum atomic E-state index is -0.0919. The molecule has 5 nitrogen and oxygen atoms in total. The lowest BCUT2D eigenvalue weighted by Crippen LogP contribution is -2.54. The van der Waals surface area contributed by atoms with E-state index in [4.69, 9.17) is 0 Å². The van der Waals surface area contributed by atoms with Crippen molar-refractivity contribution >= 4 is 11.8 Å². The van der Waals surface area contributed by atoms with E-state index < -0.39 is 0 Å². The van der Waals surface area contributed by atoms with Gasteiger partial charge in [0.25, 0.3) is 0 Å². The van der Waals surface area contributed by atoms with Crippen LogP contribution < -0.4 is 0 Å². The fraction of sp³-hybridized carbons (Fsp3) is 0.882. The van der Waals surface area contributed by atoms with Gasteiger partial charge in [0.15, 0.2) is 0 Å². The Bertz CT molecular complexity index is 383. The van der Waals surface area contributed by atoms with Crippen LogP contribution in [0.3, 0.4) is 0 Å². The molecule has 126 valence electrons. The van der Waals surface area contributed by atoms with Crippen molar-refractivity contribution in [2.24, 2.45) is 5.92 Å². The predicted octanol–water partition coefficient (Wildman–Crippen LogP) is 1.58. The maximum absolute atomic E-state index is 12.3. The van der Waals surface area contributed by atoms with Crippen molar-refractivity contribution in [2.45, 2.75) is 51.5 Å². The molecular formula is C17H31N3O2. The van der Waals surface area contributed by atoms with Crippen molar-refractivity contribution < 1.29 is 9.59 Å². The first-order valence-corrected chi connectivity index (χ1v) is 8.72. The number of nitrogens with zero attached hydrogens (tertiary/aromatic N) is 3. The molecule has 2 rings (SSSR count). The average Bonchev–Trinajstić information content (AvgIpc) is 3.04. The van der Waals surface area contributed by atoms with Crippen LogP contribution in [0.2, 0.25) is 0 Å². The summed E-state index contributed by atoms with van der Waals surface area (Å²) in [6.07, 6.45) is 7.08. The van der Waals surface area contributed by atoms with Crippen molar-refractivity contribution in [3.05, 3.63) is 0 Å². The van der Waals surface area contributed by atoms with Crippen molar-refractivity contribution in [3.63, 3.8) is 0 Å². The molecule has 1 heterocycles. The lowest BCUT2D eigenvalue weighted by atomic mass is 10.0. The van der Waals surface area contributed by atoms with E-state index in [1.54, 1.807) is 19.0 Å². The molecule has 0 aromatic rings. The lowest BCUT2D eigenvalue weighted by Gasteiger charge is -2.38. The topological polar surface area (TPSA) is 43.9 Å². The largest absolute Gasteiger partial charge is 0.347 e. The minimum absolute atomic E-state index is 0.0919. The van der Waals surface area contributed by atoms with Gasteiger partial charge in [-0.25, -0.2) is 0 Å². The van der Waals surface area contributed by atoms with Crippen molar-refractivity contribution in [3.8, 4) is 0 Å². The van der Waals surface area contributed by atoms with E-state index in [1.807, 2.05) is 11.8 Å². The normalized spacial score (nSPS) is 21.9. The summed E-state index contributed by atoms with van der Waals surface area (Å²) >= 11 is 0. The number of carbonyl (C=O) groups excluding carboxylic acids is 2. The fourth-order valence-corrected chi connectivity index (χ4v) is 3.67. The van der Waals surface area contributed by atoms with E-state index in [0.29, 0.717) is 12.3 Å². The summed E-state index contributed by atoms with van der Waals surface area (Å²) < 4.78 is 0. The zero-order valence-corrected chi connectivity index (χ0v) is 14.4. The molecule has 1 saturated heterocycles. The summed E-state index contributed by atoms with van der Waals surface area (Å²) in [4.78, 5) is 30.1. The standard InChI is InChI=1S/C17H31N3O2/c1-14(17(22)18(2)3)19-10-12-20(13-11-19)16(21)9-8-15-6-4-5-7-15/h14-15H,4-13H2,1-3H3. The van der Waals surface area contributed by atoms with Crippen LogP contribution in [0.1, 0.15) is 45.4 Å². The molecule has 0 aromatic heterocycles. The maximum Gasteiger partial charge on any atom is 0.239 e. The minimum Gasteiger partial charge on any atom is -0.347 e. The van der Waals surface area contributed by atoms with E-state index in [9.17, 15) is 9.59 Å². The van der Waals surface area contributed by atoms with E-state index in [-0.39, 0.29) is 11.9 Å². The fourth-order valence-electron chi connectivity index (χ4n) is 3.67. The van der Waals surface area contributed by atoms with E-state index in [2.05, 4.69) is 4.90 Å². The van der Waals surface area contributed by atoms with E-state index in [1.165, 1.54) is 25.7 Å². The molecule has 0 spiro atoms. The molecule has 2 amide bonds. The molecule has 1 saturated carbocycles. The van der Waals surface area contributed by atoms with Crippen molar-refractivity contribution in [1.29, 1.82) is 0 Å². The Balaban J connectivity index is 1.71. The monoisotopic (exact) mass is 309 g/mol. The highest BCUT2D eigenvalue weighted by molar-refractivity contribution is 5.81. The van der Waals surface area contributed by atoms with Gasteiger partial charge in [0, 0.05) is 46.7 Å². The number of hydrogen-bond acceptors (Lipinski definition) is 3. The van der Waals surface area contributed by atoms with Crippen LogP contribution in [0.5, 0.6) is 0 Å². The Morgan fingerprint density at radius 1 is 1.09 bits per heavy atom. The van der Waals surface area contributed by atoms with Gasteiger partial charge in [0.05, 0.1) is 6.04 Å². The Labute approximate surface area is 134 Å². The second kappa shape index (κ2) is 7.95. The van der Waals surface area contributed by atoms with E-state index >= 15 is 0 Å². The van der Waals surface area contributed by atoms with E-state index in [0.717, 1.165) is 38.5 Å².